The van der Waals surface area contributed by atoms with Gasteiger partial charge in [-0.05, 0) is 6.20 Å². The summed E-state index contributed by atoms with van der Waals surface area (Å²) in [7, 11) is -3.76. The minimum atomic E-state index is -3.76. The van der Waals surface area contributed by atoms with Crippen LogP contribution in [0.2, 0.25) is 0 Å². The fourth-order valence-corrected chi connectivity index (χ4v) is 0.707. The van der Waals surface area contributed by atoms with Gasteiger partial charge in [-0.3, -0.25) is 8.98 Å². The number of hydrogen-bond donors (Lipinski definition) is 1. The third-order valence-electron chi connectivity index (χ3n) is 0.821. The third-order valence-corrected chi connectivity index (χ3v) is 1.68. The van der Waals surface area contributed by atoms with E-state index in [9.17, 15) is 13.2 Å². The summed E-state index contributed by atoms with van der Waals surface area (Å²) in [6.07, 6.45) is 1.13. The van der Waals surface area contributed by atoms with Crippen LogP contribution in [0.1, 0.15) is 1.43 Å². The van der Waals surface area contributed by atoms with Gasteiger partial charge in [0.15, 0.2) is 0 Å². The fraction of sp³-hybridized carbons (Fsp3) is 0.167. The summed E-state index contributed by atoms with van der Waals surface area (Å²) in [6, 6.07) is 0. The molecule has 13 heavy (non-hydrogen) atoms. The number of rotatable bonds is 5. The Bertz CT molecular complexity index is 290. The second-order valence-corrected chi connectivity index (χ2v) is 3.25. The van der Waals surface area contributed by atoms with Crippen LogP contribution in [0.5, 0.6) is 0 Å². The van der Waals surface area contributed by atoms with Crippen LogP contribution >= 0.6 is 0 Å². The van der Waals surface area contributed by atoms with Gasteiger partial charge < -0.3 is 6.74 Å². The van der Waals surface area contributed by atoms with E-state index in [0.717, 1.165) is 6.20 Å². The maximum absolute atomic E-state index is 10.6. The van der Waals surface area contributed by atoms with Gasteiger partial charge in [-0.2, -0.15) is 8.42 Å². The minimum Gasteiger partial charge on any atom is -1.00 e. The molecule has 0 rings (SSSR count). The van der Waals surface area contributed by atoms with Crippen molar-refractivity contribution in [1.29, 1.82) is 0 Å². The molecule has 7 heteroatoms. The molecule has 0 spiro atoms. The molecule has 70 valence electrons. The number of nitrogens with one attached hydrogen (secondary N) is 1. The van der Waals surface area contributed by atoms with Gasteiger partial charge >= 0.3 is 29.6 Å². The van der Waals surface area contributed by atoms with Crippen molar-refractivity contribution in [3.63, 3.8) is 0 Å². The molecule has 0 aromatic heterocycles. The number of hydrogen-bond acceptors (Lipinski definition) is 4. The Kier molecular flexibility index (Phi) is 8.59. The largest absolute Gasteiger partial charge is 1.00 e. The summed E-state index contributed by atoms with van der Waals surface area (Å²) in [5.41, 5.74) is 0. The predicted octanol–water partition coefficient (Wildman–Crippen LogP) is -3.15. The quantitative estimate of drug-likeness (QED) is 0.388. The zero-order valence-corrected chi connectivity index (χ0v) is 10.1. The van der Waals surface area contributed by atoms with E-state index >= 15 is 0 Å². The molecule has 0 bridgehead atoms. The molecule has 0 aliphatic carbocycles. The van der Waals surface area contributed by atoms with Crippen LogP contribution in [0.3, 0.4) is 0 Å². The standard InChI is InChI=1S/C6H9NO4S.Na.H/c1-3-7-6(8)5-11-12(9,10)4-2;;/h3-4H,1-2,5H2,(H,7,8);;/q;+1;-1. The van der Waals surface area contributed by atoms with Crippen LogP contribution in [0.15, 0.2) is 24.8 Å². The van der Waals surface area contributed by atoms with Gasteiger partial charge in [0, 0.05) is 0 Å². The van der Waals surface area contributed by atoms with Crippen molar-refractivity contribution in [3.8, 4) is 0 Å². The Balaban J connectivity index is -0.000000605. The molecule has 0 saturated heterocycles. The van der Waals surface area contributed by atoms with E-state index in [1.165, 1.54) is 0 Å². The van der Waals surface area contributed by atoms with Crippen LogP contribution in [-0.4, -0.2) is 20.9 Å². The molecule has 0 saturated carbocycles. The Morgan fingerprint density at radius 2 is 2.08 bits per heavy atom. The van der Waals surface area contributed by atoms with Crippen molar-refractivity contribution >= 4 is 16.0 Å². The van der Waals surface area contributed by atoms with Crippen molar-refractivity contribution in [2.24, 2.45) is 0 Å². The predicted molar refractivity (Wildman–Crippen MR) is 44.5 cm³/mol. The summed E-state index contributed by atoms with van der Waals surface area (Å²) in [4.78, 5) is 10.6. The molecule has 0 unspecified atom stereocenters. The number of amides is 1. The zero-order chi connectivity index (χ0) is 9.61. The van der Waals surface area contributed by atoms with Gasteiger partial charge in [-0.15, -0.1) is 0 Å². The molecule has 0 radical (unpaired) electrons. The van der Waals surface area contributed by atoms with Gasteiger partial charge in [-0.25, -0.2) is 0 Å². The van der Waals surface area contributed by atoms with Gasteiger partial charge in [0.1, 0.15) is 6.61 Å². The van der Waals surface area contributed by atoms with Gasteiger partial charge in [-0.1, -0.05) is 13.2 Å². The van der Waals surface area contributed by atoms with Crippen LogP contribution in [0.25, 0.3) is 0 Å². The average molecular weight is 215 g/mol. The van der Waals surface area contributed by atoms with E-state index in [1.54, 1.807) is 0 Å². The van der Waals surface area contributed by atoms with E-state index in [4.69, 9.17) is 0 Å². The first-order valence-electron chi connectivity index (χ1n) is 2.94. The van der Waals surface area contributed by atoms with Crippen molar-refractivity contribution in [3.05, 3.63) is 24.8 Å². The van der Waals surface area contributed by atoms with E-state index in [-0.39, 0.29) is 31.0 Å². The van der Waals surface area contributed by atoms with Gasteiger partial charge in [0.25, 0.3) is 16.0 Å². The van der Waals surface area contributed by atoms with E-state index in [0.29, 0.717) is 5.41 Å². The number of carbonyl (C=O) groups excluding carboxylic acids is 1. The molecule has 0 fully saturated rings. The molecule has 0 aliphatic heterocycles. The smallest absolute Gasteiger partial charge is 1.00 e. The second kappa shape index (κ2) is 7.28. The topological polar surface area (TPSA) is 72.5 Å². The average Bonchev–Trinajstić information content (AvgIpc) is 2.02. The van der Waals surface area contributed by atoms with Gasteiger partial charge in [0.2, 0.25) is 0 Å². The Morgan fingerprint density at radius 1 is 1.54 bits per heavy atom. The van der Waals surface area contributed by atoms with Crippen molar-refractivity contribution in [2.45, 2.75) is 0 Å². The van der Waals surface area contributed by atoms with E-state index < -0.39 is 22.6 Å². The van der Waals surface area contributed by atoms with Crippen LogP contribution in [0.4, 0.5) is 0 Å². The second-order valence-electron chi connectivity index (χ2n) is 1.69. The summed E-state index contributed by atoms with van der Waals surface area (Å²) in [5.74, 6) is -0.588. The maximum Gasteiger partial charge on any atom is 1.00 e. The van der Waals surface area contributed by atoms with Crippen molar-refractivity contribution in [2.75, 3.05) is 6.61 Å². The summed E-state index contributed by atoms with van der Waals surface area (Å²) >= 11 is 0. The molecular weight excluding hydrogens is 205 g/mol. The molecular formula is C6H10NNaO4S. The zero-order valence-electron chi connectivity index (χ0n) is 8.32. The summed E-state index contributed by atoms with van der Waals surface area (Å²) in [5, 5.41) is 2.76. The molecule has 0 aromatic rings. The van der Waals surface area contributed by atoms with Crippen molar-refractivity contribution in [1.82, 2.24) is 5.32 Å². The Morgan fingerprint density at radius 3 is 2.46 bits per heavy atom. The molecule has 0 heterocycles. The SMILES string of the molecule is C=CNC(=O)COS(=O)(=O)C=C.[H-].[Na+]. The summed E-state index contributed by atoms with van der Waals surface area (Å²) < 4.78 is 25.3. The third kappa shape index (κ3) is 8.20. The first-order chi connectivity index (χ1) is 5.52. The van der Waals surface area contributed by atoms with Crippen LogP contribution < -0.4 is 34.9 Å². The van der Waals surface area contributed by atoms with Crippen molar-refractivity contribution < 1.29 is 48.4 Å². The van der Waals surface area contributed by atoms with Crippen LogP contribution in [0, 0.1) is 0 Å². The monoisotopic (exact) mass is 215 g/mol. The number of carbonyl (C=O) groups is 1. The Labute approximate surface area is 101 Å². The maximum atomic E-state index is 10.6. The molecule has 1 N–H and O–H groups in total. The minimum absolute atomic E-state index is 0. The van der Waals surface area contributed by atoms with Crippen LogP contribution in [-0.2, 0) is 19.1 Å². The fourth-order valence-electron chi connectivity index (χ4n) is 0.339. The Hall–Kier alpha value is -0.140. The molecule has 5 nitrogen and oxygen atoms in total. The van der Waals surface area contributed by atoms with Gasteiger partial charge in [0.05, 0.1) is 5.41 Å². The molecule has 0 atom stereocenters. The van der Waals surface area contributed by atoms with E-state index in [2.05, 4.69) is 22.7 Å². The van der Waals surface area contributed by atoms with E-state index in [1.807, 2.05) is 0 Å². The molecule has 0 aliphatic rings. The summed E-state index contributed by atoms with van der Waals surface area (Å²) in [6.45, 7) is 5.63. The normalized spacial score (nSPS) is 9.54. The first kappa shape index (κ1) is 15.3. The molecule has 1 amide bonds. The molecule has 0 aromatic carbocycles. The first-order valence-corrected chi connectivity index (χ1v) is 4.41.